The molecule has 3 nitrogen and oxygen atoms in total. The van der Waals surface area contributed by atoms with Gasteiger partial charge in [-0.1, -0.05) is 66.7 Å². The maximum absolute atomic E-state index is 12.5. The number of aromatic nitrogens is 1. The molecule has 1 amide bonds. The molecule has 1 heterocycles. The van der Waals surface area contributed by atoms with Gasteiger partial charge in [-0.25, -0.2) is 4.98 Å². The third-order valence-corrected chi connectivity index (χ3v) is 5.26. The van der Waals surface area contributed by atoms with Gasteiger partial charge in [-0.3, -0.25) is 4.79 Å². The number of hydrogen-bond acceptors (Lipinski definition) is 3. The number of rotatable bonds is 5. The molecular formula is C24H20N2OS. The largest absolute Gasteiger partial charge is 0.326 e. The van der Waals surface area contributed by atoms with Gasteiger partial charge in [0.15, 0.2) is 0 Å². The van der Waals surface area contributed by atoms with Gasteiger partial charge in [0.2, 0.25) is 5.91 Å². The molecule has 0 aliphatic carbocycles. The Hall–Kier alpha value is -3.24. The zero-order valence-corrected chi connectivity index (χ0v) is 16.4. The van der Waals surface area contributed by atoms with E-state index >= 15 is 0 Å². The molecule has 0 unspecified atom stereocenters. The third-order valence-electron chi connectivity index (χ3n) is 4.49. The highest BCUT2D eigenvalue weighted by atomic mass is 32.1. The number of nitrogens with one attached hydrogen (secondary N) is 1. The molecule has 0 radical (unpaired) electrons. The Kier molecular flexibility index (Phi) is 5.31. The van der Waals surface area contributed by atoms with Crippen molar-refractivity contribution in [3.8, 4) is 22.4 Å². The molecular weight excluding hydrogens is 364 g/mol. The van der Waals surface area contributed by atoms with E-state index in [-0.39, 0.29) is 5.91 Å². The number of amides is 1. The Morgan fingerprint density at radius 1 is 0.893 bits per heavy atom. The molecule has 0 spiro atoms. The molecule has 0 fully saturated rings. The average Bonchev–Trinajstić information content (AvgIpc) is 3.16. The highest BCUT2D eigenvalue weighted by Crippen LogP contribution is 2.24. The van der Waals surface area contributed by atoms with E-state index in [4.69, 9.17) is 0 Å². The van der Waals surface area contributed by atoms with Gasteiger partial charge in [0.25, 0.3) is 0 Å². The molecule has 0 saturated heterocycles. The molecule has 28 heavy (non-hydrogen) atoms. The van der Waals surface area contributed by atoms with Gasteiger partial charge in [-0.05, 0) is 35.7 Å². The fraction of sp³-hybridized carbons (Fsp3) is 0.0833. The fourth-order valence-electron chi connectivity index (χ4n) is 3.09. The first-order valence-corrected chi connectivity index (χ1v) is 10.0. The molecule has 1 N–H and O–H groups in total. The lowest BCUT2D eigenvalue weighted by molar-refractivity contribution is -0.115. The molecule has 0 saturated carbocycles. The van der Waals surface area contributed by atoms with Crippen LogP contribution in [0, 0.1) is 6.92 Å². The smallest absolute Gasteiger partial charge is 0.228 e. The maximum atomic E-state index is 12.5. The molecule has 138 valence electrons. The second-order valence-corrected chi connectivity index (χ2v) is 7.68. The van der Waals surface area contributed by atoms with Crippen molar-refractivity contribution in [2.24, 2.45) is 0 Å². The second-order valence-electron chi connectivity index (χ2n) is 6.62. The van der Waals surface area contributed by atoms with E-state index in [1.807, 2.05) is 66.9 Å². The Morgan fingerprint density at radius 3 is 2.32 bits per heavy atom. The van der Waals surface area contributed by atoms with E-state index in [1.54, 1.807) is 11.3 Å². The summed E-state index contributed by atoms with van der Waals surface area (Å²) in [7, 11) is 0. The number of anilines is 1. The van der Waals surface area contributed by atoms with Crippen molar-refractivity contribution < 1.29 is 4.79 Å². The lowest BCUT2D eigenvalue weighted by atomic mass is 10.0. The van der Waals surface area contributed by atoms with Gasteiger partial charge in [0.1, 0.15) is 0 Å². The third kappa shape index (κ3) is 4.35. The van der Waals surface area contributed by atoms with Crippen LogP contribution in [0.5, 0.6) is 0 Å². The number of carbonyl (C=O) groups excluding carboxylic acids is 1. The topological polar surface area (TPSA) is 42.0 Å². The van der Waals surface area contributed by atoms with E-state index in [9.17, 15) is 4.79 Å². The summed E-state index contributed by atoms with van der Waals surface area (Å²) in [6.07, 6.45) is 0.342. The summed E-state index contributed by atoms with van der Waals surface area (Å²) in [5, 5.41) is 6.05. The van der Waals surface area contributed by atoms with Crippen LogP contribution in [0.25, 0.3) is 22.4 Å². The number of thiazole rings is 1. The van der Waals surface area contributed by atoms with Crippen LogP contribution in [0.1, 0.15) is 10.6 Å². The standard InChI is InChI=1S/C24H20N2OS/c1-17-25-23(16-28-17)21-8-5-9-22(15-21)26-24(27)14-18-10-12-20(13-11-18)19-6-3-2-4-7-19/h2-13,15-16H,14H2,1H3,(H,26,27). The van der Waals surface area contributed by atoms with E-state index in [0.29, 0.717) is 6.42 Å². The Morgan fingerprint density at radius 2 is 1.61 bits per heavy atom. The Balaban J connectivity index is 1.42. The molecule has 3 aromatic carbocycles. The van der Waals surface area contributed by atoms with Crippen LogP contribution in [-0.4, -0.2) is 10.9 Å². The van der Waals surface area contributed by atoms with Crippen LogP contribution in [-0.2, 0) is 11.2 Å². The zero-order valence-electron chi connectivity index (χ0n) is 15.6. The van der Waals surface area contributed by atoms with Crippen LogP contribution >= 0.6 is 11.3 Å². The van der Waals surface area contributed by atoms with E-state index in [1.165, 1.54) is 5.56 Å². The van der Waals surface area contributed by atoms with Crippen molar-refractivity contribution in [2.45, 2.75) is 13.3 Å². The summed E-state index contributed by atoms with van der Waals surface area (Å²) in [5.41, 5.74) is 6.05. The maximum Gasteiger partial charge on any atom is 0.228 e. The summed E-state index contributed by atoms with van der Waals surface area (Å²) < 4.78 is 0. The van der Waals surface area contributed by atoms with Gasteiger partial charge in [-0.15, -0.1) is 11.3 Å². The minimum absolute atomic E-state index is 0.0286. The van der Waals surface area contributed by atoms with Crippen molar-refractivity contribution >= 4 is 22.9 Å². The monoisotopic (exact) mass is 384 g/mol. The molecule has 0 aliphatic rings. The van der Waals surface area contributed by atoms with Gasteiger partial charge >= 0.3 is 0 Å². The second kappa shape index (κ2) is 8.19. The summed E-state index contributed by atoms with van der Waals surface area (Å²) in [6, 6.07) is 26.2. The Bertz CT molecular complexity index is 1090. The highest BCUT2D eigenvalue weighted by molar-refractivity contribution is 7.09. The van der Waals surface area contributed by atoms with Crippen molar-refractivity contribution in [3.05, 3.63) is 94.8 Å². The van der Waals surface area contributed by atoms with Crippen LogP contribution < -0.4 is 5.32 Å². The predicted octanol–water partition coefficient (Wildman–Crippen LogP) is 5.97. The first-order valence-electron chi connectivity index (χ1n) is 9.14. The fourth-order valence-corrected chi connectivity index (χ4v) is 3.71. The first kappa shape index (κ1) is 18.1. The minimum Gasteiger partial charge on any atom is -0.326 e. The average molecular weight is 385 g/mol. The summed E-state index contributed by atoms with van der Waals surface area (Å²) >= 11 is 1.62. The number of nitrogens with zero attached hydrogens (tertiary/aromatic N) is 1. The predicted molar refractivity (Wildman–Crippen MR) is 116 cm³/mol. The van der Waals surface area contributed by atoms with Crippen LogP contribution in [0.4, 0.5) is 5.69 Å². The molecule has 4 aromatic rings. The van der Waals surface area contributed by atoms with Gasteiger partial charge in [0, 0.05) is 16.6 Å². The summed E-state index contributed by atoms with van der Waals surface area (Å²) in [5.74, 6) is -0.0286. The minimum atomic E-state index is -0.0286. The van der Waals surface area contributed by atoms with Crippen molar-refractivity contribution in [2.75, 3.05) is 5.32 Å². The highest BCUT2D eigenvalue weighted by Gasteiger charge is 2.07. The van der Waals surface area contributed by atoms with Crippen LogP contribution in [0.3, 0.4) is 0 Å². The number of aryl methyl sites for hydroxylation is 1. The molecule has 1 aromatic heterocycles. The molecule has 4 heteroatoms. The van der Waals surface area contributed by atoms with Crippen molar-refractivity contribution in [1.29, 1.82) is 0 Å². The Labute approximate surface area is 168 Å². The number of benzene rings is 3. The molecule has 0 bridgehead atoms. The van der Waals surface area contributed by atoms with Crippen molar-refractivity contribution in [3.63, 3.8) is 0 Å². The van der Waals surface area contributed by atoms with E-state index < -0.39 is 0 Å². The van der Waals surface area contributed by atoms with Gasteiger partial charge in [-0.2, -0.15) is 0 Å². The lowest BCUT2D eigenvalue weighted by Crippen LogP contribution is -2.14. The van der Waals surface area contributed by atoms with Crippen LogP contribution in [0.2, 0.25) is 0 Å². The molecule has 4 rings (SSSR count). The SMILES string of the molecule is Cc1nc(-c2cccc(NC(=O)Cc3ccc(-c4ccccc4)cc3)c2)cs1. The van der Waals surface area contributed by atoms with Crippen LogP contribution in [0.15, 0.2) is 84.2 Å². The van der Waals surface area contributed by atoms with E-state index in [2.05, 4.69) is 34.6 Å². The lowest BCUT2D eigenvalue weighted by Gasteiger charge is -2.08. The van der Waals surface area contributed by atoms with Gasteiger partial charge in [0.05, 0.1) is 17.1 Å². The number of hydrogen-bond donors (Lipinski definition) is 1. The number of carbonyl (C=O) groups is 1. The molecule has 0 atom stereocenters. The van der Waals surface area contributed by atoms with Gasteiger partial charge < -0.3 is 5.32 Å². The first-order chi connectivity index (χ1) is 13.7. The van der Waals surface area contributed by atoms with E-state index in [0.717, 1.165) is 33.1 Å². The normalized spacial score (nSPS) is 10.6. The summed E-state index contributed by atoms with van der Waals surface area (Å²) in [4.78, 5) is 17.0. The molecule has 0 aliphatic heterocycles. The zero-order chi connectivity index (χ0) is 19.3. The van der Waals surface area contributed by atoms with Crippen molar-refractivity contribution in [1.82, 2.24) is 4.98 Å². The quantitative estimate of drug-likeness (QED) is 0.461. The summed E-state index contributed by atoms with van der Waals surface area (Å²) in [6.45, 7) is 1.99.